The van der Waals surface area contributed by atoms with Gasteiger partial charge in [0, 0.05) is 17.5 Å². The van der Waals surface area contributed by atoms with Crippen molar-refractivity contribution < 1.29 is 9.18 Å². The van der Waals surface area contributed by atoms with Crippen LogP contribution in [0.25, 0.3) is 22.3 Å². The van der Waals surface area contributed by atoms with E-state index >= 15 is 0 Å². The molecule has 3 aromatic carbocycles. The summed E-state index contributed by atoms with van der Waals surface area (Å²) in [5.41, 5.74) is 4.87. The average Bonchev–Trinajstić information content (AvgIpc) is 2.77. The summed E-state index contributed by atoms with van der Waals surface area (Å²) in [6.07, 6.45) is 0. The zero-order chi connectivity index (χ0) is 21.8. The summed E-state index contributed by atoms with van der Waals surface area (Å²) >= 11 is 1.38. The number of nitrogens with one attached hydrogen (secondary N) is 1. The SMILES string of the molecule is Cc1ccc(CNC(=O)CSc2nc(-c3ccc(F)cc3)nc3cc(C)ccc23)cc1. The molecule has 0 saturated heterocycles. The molecule has 156 valence electrons. The predicted molar refractivity (Wildman–Crippen MR) is 123 cm³/mol. The van der Waals surface area contributed by atoms with Crippen molar-refractivity contribution in [3.63, 3.8) is 0 Å². The zero-order valence-electron chi connectivity index (χ0n) is 17.4. The molecule has 1 aromatic heterocycles. The highest BCUT2D eigenvalue weighted by Gasteiger charge is 2.12. The molecule has 0 bridgehead atoms. The Morgan fingerprint density at radius 2 is 1.65 bits per heavy atom. The Bertz CT molecular complexity index is 1220. The first-order chi connectivity index (χ1) is 15.0. The van der Waals surface area contributed by atoms with Crippen LogP contribution in [-0.2, 0) is 11.3 Å². The van der Waals surface area contributed by atoms with Crippen LogP contribution in [0.3, 0.4) is 0 Å². The van der Waals surface area contributed by atoms with Crippen LogP contribution in [0.1, 0.15) is 16.7 Å². The molecule has 0 saturated carbocycles. The lowest BCUT2D eigenvalue weighted by Gasteiger charge is -2.10. The van der Waals surface area contributed by atoms with E-state index in [1.807, 2.05) is 56.3 Å². The van der Waals surface area contributed by atoms with Gasteiger partial charge >= 0.3 is 0 Å². The number of carbonyl (C=O) groups is 1. The number of carbonyl (C=O) groups excluding carboxylic acids is 1. The second kappa shape index (κ2) is 9.27. The highest BCUT2D eigenvalue weighted by molar-refractivity contribution is 8.00. The third kappa shape index (κ3) is 5.27. The lowest BCUT2D eigenvalue weighted by Crippen LogP contribution is -2.24. The molecule has 1 amide bonds. The predicted octanol–water partition coefficient (Wildman–Crippen LogP) is 5.46. The number of hydrogen-bond donors (Lipinski definition) is 1. The normalized spacial score (nSPS) is 10.9. The molecule has 0 aliphatic carbocycles. The molecule has 1 N–H and O–H groups in total. The number of hydrogen-bond acceptors (Lipinski definition) is 4. The second-order valence-electron chi connectivity index (χ2n) is 7.43. The quantitative estimate of drug-likeness (QED) is 0.325. The van der Waals surface area contributed by atoms with Crippen molar-refractivity contribution in [2.75, 3.05) is 5.75 Å². The molecule has 0 radical (unpaired) electrons. The van der Waals surface area contributed by atoms with Gasteiger partial charge in [0.2, 0.25) is 5.91 Å². The molecule has 0 unspecified atom stereocenters. The summed E-state index contributed by atoms with van der Waals surface area (Å²) in [5.74, 6) is 0.392. The van der Waals surface area contributed by atoms with E-state index in [9.17, 15) is 9.18 Å². The maximum Gasteiger partial charge on any atom is 0.230 e. The summed E-state index contributed by atoms with van der Waals surface area (Å²) in [5, 5.41) is 4.58. The molecular weight excluding hydrogens is 409 g/mol. The highest BCUT2D eigenvalue weighted by Crippen LogP contribution is 2.29. The van der Waals surface area contributed by atoms with Crippen molar-refractivity contribution in [2.24, 2.45) is 0 Å². The lowest BCUT2D eigenvalue weighted by atomic mass is 10.1. The smallest absolute Gasteiger partial charge is 0.230 e. The molecule has 0 atom stereocenters. The average molecular weight is 432 g/mol. The van der Waals surface area contributed by atoms with Gasteiger partial charge in [-0.3, -0.25) is 4.79 Å². The third-order valence-corrected chi connectivity index (χ3v) is 5.86. The molecule has 0 aliphatic heterocycles. The molecule has 6 heteroatoms. The van der Waals surface area contributed by atoms with E-state index in [0.29, 0.717) is 12.4 Å². The van der Waals surface area contributed by atoms with Crippen LogP contribution < -0.4 is 5.32 Å². The van der Waals surface area contributed by atoms with Gasteiger partial charge in [0.1, 0.15) is 10.8 Å². The summed E-state index contributed by atoms with van der Waals surface area (Å²) < 4.78 is 13.3. The Kier molecular flexibility index (Phi) is 6.28. The van der Waals surface area contributed by atoms with E-state index in [0.717, 1.165) is 32.6 Å². The number of rotatable bonds is 6. The molecule has 4 aromatic rings. The number of amides is 1. The van der Waals surface area contributed by atoms with Crippen LogP contribution in [-0.4, -0.2) is 21.6 Å². The van der Waals surface area contributed by atoms with Crippen LogP contribution in [0, 0.1) is 19.7 Å². The van der Waals surface area contributed by atoms with Crippen molar-refractivity contribution in [1.82, 2.24) is 15.3 Å². The number of aryl methyl sites for hydroxylation is 2. The molecule has 1 heterocycles. The minimum atomic E-state index is -0.305. The number of aromatic nitrogens is 2. The van der Waals surface area contributed by atoms with Crippen LogP contribution in [0.5, 0.6) is 0 Å². The van der Waals surface area contributed by atoms with E-state index < -0.39 is 0 Å². The van der Waals surface area contributed by atoms with Crippen molar-refractivity contribution >= 4 is 28.6 Å². The maximum absolute atomic E-state index is 13.3. The van der Waals surface area contributed by atoms with Gasteiger partial charge in [0.25, 0.3) is 0 Å². The number of fused-ring (bicyclic) bond motifs is 1. The largest absolute Gasteiger partial charge is 0.351 e. The van der Waals surface area contributed by atoms with E-state index in [-0.39, 0.29) is 17.5 Å². The monoisotopic (exact) mass is 431 g/mol. The fourth-order valence-corrected chi connectivity index (χ4v) is 3.99. The first kappa shape index (κ1) is 21.0. The first-order valence-electron chi connectivity index (χ1n) is 9.97. The standard InChI is InChI=1S/C25H22FN3OS/c1-16-3-6-18(7-4-16)14-27-23(30)15-31-25-21-12-5-17(2)13-22(21)28-24(29-25)19-8-10-20(26)11-9-19/h3-13H,14-15H2,1-2H3,(H,27,30). The lowest BCUT2D eigenvalue weighted by molar-refractivity contribution is -0.118. The van der Waals surface area contributed by atoms with E-state index in [2.05, 4.69) is 15.3 Å². The highest BCUT2D eigenvalue weighted by atomic mass is 32.2. The Morgan fingerprint density at radius 1 is 0.935 bits per heavy atom. The molecule has 4 rings (SSSR count). The van der Waals surface area contributed by atoms with Gasteiger partial charge in [-0.25, -0.2) is 14.4 Å². The fraction of sp³-hybridized carbons (Fsp3) is 0.160. The van der Waals surface area contributed by atoms with Gasteiger partial charge in [-0.1, -0.05) is 47.7 Å². The van der Waals surface area contributed by atoms with Crippen molar-refractivity contribution in [1.29, 1.82) is 0 Å². The van der Waals surface area contributed by atoms with Crippen molar-refractivity contribution in [2.45, 2.75) is 25.4 Å². The Morgan fingerprint density at radius 3 is 2.39 bits per heavy atom. The summed E-state index contributed by atoms with van der Waals surface area (Å²) in [6, 6.07) is 20.2. The minimum Gasteiger partial charge on any atom is -0.351 e. The number of halogens is 1. The molecule has 0 fully saturated rings. The van der Waals surface area contributed by atoms with E-state index in [1.54, 1.807) is 12.1 Å². The van der Waals surface area contributed by atoms with Crippen molar-refractivity contribution in [3.05, 3.63) is 89.2 Å². The van der Waals surface area contributed by atoms with Crippen LogP contribution in [0.4, 0.5) is 4.39 Å². The van der Waals surface area contributed by atoms with Crippen molar-refractivity contribution in [3.8, 4) is 11.4 Å². The van der Waals surface area contributed by atoms with Gasteiger partial charge in [-0.15, -0.1) is 0 Å². The number of thioether (sulfide) groups is 1. The molecule has 0 spiro atoms. The van der Waals surface area contributed by atoms with Crippen LogP contribution in [0.2, 0.25) is 0 Å². The van der Waals surface area contributed by atoms with Gasteiger partial charge in [0.15, 0.2) is 5.82 Å². The molecule has 31 heavy (non-hydrogen) atoms. The van der Waals surface area contributed by atoms with Gasteiger partial charge < -0.3 is 5.32 Å². The molecule has 4 nitrogen and oxygen atoms in total. The second-order valence-corrected chi connectivity index (χ2v) is 8.39. The summed E-state index contributed by atoms with van der Waals surface area (Å²) in [7, 11) is 0. The first-order valence-corrected chi connectivity index (χ1v) is 11.0. The topological polar surface area (TPSA) is 54.9 Å². The van der Waals surface area contributed by atoms with E-state index in [1.165, 1.54) is 29.5 Å². The molecular formula is C25H22FN3OS. The minimum absolute atomic E-state index is 0.0622. The Labute approximate surface area is 184 Å². The Hall–Kier alpha value is -3.25. The van der Waals surface area contributed by atoms with Gasteiger partial charge in [-0.05, 0) is 61.4 Å². The fourth-order valence-electron chi connectivity index (χ4n) is 3.14. The summed E-state index contributed by atoms with van der Waals surface area (Å²) in [6.45, 7) is 4.53. The van der Waals surface area contributed by atoms with Crippen LogP contribution >= 0.6 is 11.8 Å². The zero-order valence-corrected chi connectivity index (χ0v) is 18.2. The van der Waals surface area contributed by atoms with E-state index in [4.69, 9.17) is 0 Å². The molecule has 0 aliphatic rings. The third-order valence-electron chi connectivity index (χ3n) is 4.87. The van der Waals surface area contributed by atoms with Gasteiger partial charge in [0.05, 0.1) is 11.3 Å². The number of benzene rings is 3. The Balaban J connectivity index is 1.53. The van der Waals surface area contributed by atoms with Crippen LogP contribution in [0.15, 0.2) is 71.8 Å². The van der Waals surface area contributed by atoms with Gasteiger partial charge in [-0.2, -0.15) is 0 Å². The summed E-state index contributed by atoms with van der Waals surface area (Å²) in [4.78, 5) is 21.8. The maximum atomic E-state index is 13.3. The number of nitrogens with zero attached hydrogens (tertiary/aromatic N) is 2.